The Balaban J connectivity index is 3.26. The van der Waals surface area contributed by atoms with Gasteiger partial charge >= 0.3 is 0 Å². The van der Waals surface area contributed by atoms with E-state index in [1.807, 2.05) is 19.1 Å². The molecule has 0 spiro atoms. The summed E-state index contributed by atoms with van der Waals surface area (Å²) in [6.45, 7) is 5.46. The van der Waals surface area contributed by atoms with Crippen LogP contribution in [0.3, 0.4) is 0 Å². The van der Waals surface area contributed by atoms with Crippen molar-refractivity contribution < 1.29 is 8.42 Å². The van der Waals surface area contributed by atoms with Crippen molar-refractivity contribution in [3.63, 3.8) is 0 Å². The first kappa shape index (κ1) is 14.5. The number of sulfonamides is 1. The third kappa shape index (κ3) is 3.00. The van der Waals surface area contributed by atoms with Crippen LogP contribution in [-0.2, 0) is 10.0 Å². The molecule has 0 amide bonds. The summed E-state index contributed by atoms with van der Waals surface area (Å²) in [5.41, 5.74) is 1.69. The lowest BCUT2D eigenvalue weighted by Crippen LogP contribution is -2.36. The normalized spacial score (nSPS) is 14.0. The lowest BCUT2D eigenvalue weighted by Gasteiger charge is -2.23. The Morgan fingerprint density at radius 3 is 2.47 bits per heavy atom. The van der Waals surface area contributed by atoms with Gasteiger partial charge in [0.15, 0.2) is 0 Å². The maximum absolute atomic E-state index is 12.4. The summed E-state index contributed by atoms with van der Waals surface area (Å²) < 4.78 is 26.1. The van der Waals surface area contributed by atoms with Gasteiger partial charge in [0.2, 0.25) is 10.0 Å². The average molecular weight is 276 g/mol. The summed E-state index contributed by atoms with van der Waals surface area (Å²) in [6.07, 6.45) is 0. The van der Waals surface area contributed by atoms with Gasteiger partial charge in [-0.05, 0) is 38.0 Å². The van der Waals surface area contributed by atoms with E-state index in [9.17, 15) is 8.42 Å². The third-order valence-corrected chi connectivity index (χ3v) is 5.41. The van der Waals surface area contributed by atoms with Crippen molar-refractivity contribution in [2.24, 2.45) is 0 Å². The van der Waals surface area contributed by atoms with Crippen molar-refractivity contribution in [2.75, 3.05) is 12.9 Å². The number of aryl methyl sites for hydroxylation is 2. The average Bonchev–Trinajstić information content (AvgIpc) is 2.30. The van der Waals surface area contributed by atoms with Crippen LogP contribution < -0.4 is 0 Å². The van der Waals surface area contributed by atoms with Crippen molar-refractivity contribution in [3.8, 4) is 0 Å². The zero-order valence-electron chi connectivity index (χ0n) is 10.6. The van der Waals surface area contributed by atoms with Crippen LogP contribution in [-0.4, -0.2) is 31.7 Å². The van der Waals surface area contributed by atoms with Crippen LogP contribution in [0.25, 0.3) is 0 Å². The van der Waals surface area contributed by atoms with Crippen LogP contribution in [0.2, 0.25) is 0 Å². The van der Waals surface area contributed by atoms with Gasteiger partial charge in [-0.25, -0.2) is 8.42 Å². The largest absolute Gasteiger partial charge is 0.243 e. The SMILES string of the molecule is Cc1ccc(C)c(S(=O)(=O)N(C)C(C)CCl)c1. The summed E-state index contributed by atoms with van der Waals surface area (Å²) in [5, 5.41) is 0. The highest BCUT2D eigenvalue weighted by Gasteiger charge is 2.26. The van der Waals surface area contributed by atoms with E-state index < -0.39 is 10.0 Å². The van der Waals surface area contributed by atoms with E-state index in [0.717, 1.165) is 11.1 Å². The zero-order chi connectivity index (χ0) is 13.2. The van der Waals surface area contributed by atoms with Crippen LogP contribution in [0.15, 0.2) is 23.1 Å². The van der Waals surface area contributed by atoms with Crippen LogP contribution >= 0.6 is 11.6 Å². The second kappa shape index (κ2) is 5.38. The molecule has 1 unspecified atom stereocenters. The van der Waals surface area contributed by atoms with E-state index in [2.05, 4.69) is 0 Å². The predicted molar refractivity (Wildman–Crippen MR) is 71.0 cm³/mol. The topological polar surface area (TPSA) is 37.4 Å². The summed E-state index contributed by atoms with van der Waals surface area (Å²) in [5.74, 6) is 0.278. The van der Waals surface area contributed by atoms with Gasteiger partial charge in [0.25, 0.3) is 0 Å². The molecule has 0 aliphatic rings. The van der Waals surface area contributed by atoms with Crippen LogP contribution in [0.4, 0.5) is 0 Å². The van der Waals surface area contributed by atoms with Gasteiger partial charge in [-0.1, -0.05) is 12.1 Å². The number of halogens is 1. The molecule has 0 aliphatic carbocycles. The number of rotatable bonds is 4. The highest BCUT2D eigenvalue weighted by Crippen LogP contribution is 2.21. The Morgan fingerprint density at radius 2 is 1.94 bits per heavy atom. The maximum atomic E-state index is 12.4. The van der Waals surface area contributed by atoms with Crippen LogP contribution in [0, 0.1) is 13.8 Å². The number of hydrogen-bond acceptors (Lipinski definition) is 2. The van der Waals surface area contributed by atoms with Crippen LogP contribution in [0.5, 0.6) is 0 Å². The molecule has 0 N–H and O–H groups in total. The summed E-state index contributed by atoms with van der Waals surface area (Å²) >= 11 is 5.71. The highest BCUT2D eigenvalue weighted by molar-refractivity contribution is 7.89. The third-order valence-electron chi connectivity index (χ3n) is 2.84. The maximum Gasteiger partial charge on any atom is 0.243 e. The number of benzene rings is 1. The molecule has 0 saturated heterocycles. The Kier molecular flexibility index (Phi) is 4.58. The van der Waals surface area contributed by atoms with E-state index in [-0.39, 0.29) is 11.9 Å². The van der Waals surface area contributed by atoms with Crippen LogP contribution in [0.1, 0.15) is 18.1 Å². The predicted octanol–water partition coefficient (Wildman–Crippen LogP) is 2.55. The molecule has 1 rings (SSSR count). The Bertz CT molecular complexity index is 499. The Morgan fingerprint density at radius 1 is 1.35 bits per heavy atom. The molecule has 1 atom stereocenters. The van der Waals surface area contributed by atoms with Gasteiger partial charge in [0.1, 0.15) is 0 Å². The molecule has 1 aromatic carbocycles. The van der Waals surface area contributed by atoms with Gasteiger partial charge in [0, 0.05) is 19.0 Å². The van der Waals surface area contributed by atoms with E-state index in [4.69, 9.17) is 11.6 Å². The van der Waals surface area contributed by atoms with Gasteiger partial charge in [-0.15, -0.1) is 11.6 Å². The molecule has 0 aromatic heterocycles. The molecule has 96 valence electrons. The number of nitrogens with zero attached hydrogens (tertiary/aromatic N) is 1. The molecule has 1 aromatic rings. The molecule has 0 aliphatic heterocycles. The van der Waals surface area contributed by atoms with Crippen molar-refractivity contribution in [1.29, 1.82) is 0 Å². The second-order valence-corrected chi connectivity index (χ2v) is 6.57. The second-order valence-electron chi connectivity index (χ2n) is 4.29. The molecular weight excluding hydrogens is 258 g/mol. The zero-order valence-corrected chi connectivity index (χ0v) is 12.1. The van der Waals surface area contributed by atoms with Crippen molar-refractivity contribution >= 4 is 21.6 Å². The minimum Gasteiger partial charge on any atom is -0.207 e. The van der Waals surface area contributed by atoms with Gasteiger partial charge in [-0.2, -0.15) is 4.31 Å². The van der Waals surface area contributed by atoms with Gasteiger partial charge in [-0.3, -0.25) is 0 Å². The molecule has 3 nitrogen and oxygen atoms in total. The molecule has 5 heteroatoms. The van der Waals surface area contributed by atoms with E-state index in [0.29, 0.717) is 4.90 Å². The lowest BCUT2D eigenvalue weighted by atomic mass is 10.2. The fourth-order valence-corrected chi connectivity index (χ4v) is 3.43. The molecule has 0 radical (unpaired) electrons. The summed E-state index contributed by atoms with van der Waals surface area (Å²) in [6, 6.07) is 5.20. The quantitative estimate of drug-likeness (QED) is 0.792. The van der Waals surface area contributed by atoms with E-state index >= 15 is 0 Å². The molecule has 0 saturated carbocycles. The summed E-state index contributed by atoms with van der Waals surface area (Å²) in [7, 11) is -1.89. The minimum absolute atomic E-state index is 0.221. The number of alkyl halides is 1. The van der Waals surface area contributed by atoms with E-state index in [1.54, 1.807) is 27.0 Å². The minimum atomic E-state index is -3.45. The van der Waals surface area contributed by atoms with Crippen molar-refractivity contribution in [2.45, 2.75) is 31.7 Å². The highest BCUT2D eigenvalue weighted by atomic mass is 35.5. The molecule has 0 fully saturated rings. The first-order valence-electron chi connectivity index (χ1n) is 5.42. The van der Waals surface area contributed by atoms with Crippen molar-refractivity contribution in [1.82, 2.24) is 4.31 Å². The molecule has 0 bridgehead atoms. The first-order valence-corrected chi connectivity index (χ1v) is 7.39. The fraction of sp³-hybridized carbons (Fsp3) is 0.500. The first-order chi connectivity index (χ1) is 7.80. The van der Waals surface area contributed by atoms with Gasteiger partial charge < -0.3 is 0 Å². The Hall–Kier alpha value is -0.580. The van der Waals surface area contributed by atoms with Gasteiger partial charge in [0.05, 0.1) is 4.90 Å². The summed E-state index contributed by atoms with van der Waals surface area (Å²) in [4.78, 5) is 0.358. The lowest BCUT2D eigenvalue weighted by molar-refractivity contribution is 0.413. The smallest absolute Gasteiger partial charge is 0.207 e. The van der Waals surface area contributed by atoms with E-state index in [1.165, 1.54) is 4.31 Å². The molecule has 17 heavy (non-hydrogen) atoms. The Labute approximate surface area is 108 Å². The molecular formula is C12H18ClNO2S. The molecule has 0 heterocycles. The van der Waals surface area contributed by atoms with Crippen molar-refractivity contribution in [3.05, 3.63) is 29.3 Å². The number of hydrogen-bond donors (Lipinski definition) is 0. The fourth-order valence-electron chi connectivity index (χ4n) is 1.47. The monoisotopic (exact) mass is 275 g/mol. The standard InChI is InChI=1S/C12H18ClNO2S/c1-9-5-6-10(2)12(7-9)17(15,16)14(4)11(3)8-13/h5-7,11H,8H2,1-4H3.